The molecule has 1 aliphatic rings. The number of imidazole rings is 1. The van der Waals surface area contributed by atoms with Crippen LogP contribution in [0, 0.1) is 0 Å². The maximum atomic E-state index is 14.0. The van der Waals surface area contributed by atoms with Gasteiger partial charge in [0.15, 0.2) is 5.82 Å². The van der Waals surface area contributed by atoms with E-state index in [2.05, 4.69) is 20.3 Å². The van der Waals surface area contributed by atoms with Gasteiger partial charge in [-0.25, -0.2) is 18.6 Å². The zero-order chi connectivity index (χ0) is 24.5. The molecule has 11 heteroatoms. The number of morpholine rings is 1. The molecule has 1 fully saturated rings. The van der Waals surface area contributed by atoms with Gasteiger partial charge in [0, 0.05) is 19.2 Å². The van der Waals surface area contributed by atoms with E-state index in [0.717, 1.165) is 0 Å². The van der Waals surface area contributed by atoms with E-state index in [1.807, 2.05) is 4.90 Å². The lowest BCUT2D eigenvalue weighted by molar-refractivity contribution is -0.155. The number of aromatic nitrogens is 4. The van der Waals surface area contributed by atoms with Gasteiger partial charge < -0.3 is 19.7 Å². The first-order valence-electron chi connectivity index (χ1n) is 11.1. The first kappa shape index (κ1) is 23.8. The summed E-state index contributed by atoms with van der Waals surface area (Å²) in [6.07, 6.45) is -2.81. The van der Waals surface area contributed by atoms with Crippen molar-refractivity contribution in [3.63, 3.8) is 0 Å². The van der Waals surface area contributed by atoms with Gasteiger partial charge in [-0.3, -0.25) is 4.57 Å². The zero-order valence-electron chi connectivity index (χ0n) is 19.6. The fourth-order valence-corrected chi connectivity index (χ4v) is 3.63. The third kappa shape index (κ3) is 5.24. The number of anilines is 2. The Morgan fingerprint density at radius 1 is 1.12 bits per heavy atom. The normalized spacial score (nSPS) is 15.6. The van der Waals surface area contributed by atoms with Crippen molar-refractivity contribution in [1.29, 1.82) is 0 Å². The molecule has 4 rings (SSSR count). The van der Waals surface area contributed by atoms with Crippen molar-refractivity contribution in [3.05, 3.63) is 36.2 Å². The second kappa shape index (κ2) is 9.49. The number of alkyl halides is 2. The minimum Gasteiger partial charge on any atom is -0.458 e. The van der Waals surface area contributed by atoms with Crippen molar-refractivity contribution in [2.75, 3.05) is 36.5 Å². The maximum absolute atomic E-state index is 14.0. The number of esters is 1. The highest BCUT2D eigenvalue weighted by atomic mass is 19.3. The standard InChI is InChI=1S/C23H28F2N6O3/c1-14(21(32)34-23(2,3)4)26-22-28-17(30-9-11-33-12-10-30)13-18(29-22)31-16-8-6-5-7-15(16)27-20(31)19(24)25/h5-8,13-14,19H,9-12H2,1-4H3,(H,26,28,29)/t14-/m0/s1. The number of hydrogen-bond acceptors (Lipinski definition) is 8. The summed E-state index contributed by atoms with van der Waals surface area (Å²) < 4.78 is 40.1. The largest absolute Gasteiger partial charge is 0.458 e. The number of rotatable bonds is 6. The Balaban J connectivity index is 1.78. The average molecular weight is 475 g/mol. The summed E-state index contributed by atoms with van der Waals surface area (Å²) in [4.78, 5) is 27.6. The Hall–Kier alpha value is -3.34. The minimum absolute atomic E-state index is 0.121. The van der Waals surface area contributed by atoms with Crippen molar-refractivity contribution in [2.24, 2.45) is 0 Å². The summed E-state index contributed by atoms with van der Waals surface area (Å²) in [5.74, 6) is -0.0188. The lowest BCUT2D eigenvalue weighted by Gasteiger charge is -2.28. The minimum atomic E-state index is -2.81. The molecule has 3 aromatic rings. The number of ether oxygens (including phenoxy) is 2. The molecule has 1 N–H and O–H groups in total. The quantitative estimate of drug-likeness (QED) is 0.540. The summed E-state index contributed by atoms with van der Waals surface area (Å²) in [5, 5.41) is 2.97. The monoisotopic (exact) mass is 474 g/mol. The van der Waals surface area contributed by atoms with Gasteiger partial charge in [-0.15, -0.1) is 0 Å². The first-order chi connectivity index (χ1) is 16.1. The van der Waals surface area contributed by atoms with Gasteiger partial charge in [-0.1, -0.05) is 12.1 Å². The van der Waals surface area contributed by atoms with Gasteiger partial charge in [-0.2, -0.15) is 9.97 Å². The van der Waals surface area contributed by atoms with Crippen LogP contribution in [0.15, 0.2) is 30.3 Å². The lowest BCUT2D eigenvalue weighted by atomic mass is 10.2. The van der Waals surface area contributed by atoms with Crippen LogP contribution >= 0.6 is 0 Å². The van der Waals surface area contributed by atoms with E-state index in [0.29, 0.717) is 43.2 Å². The SMILES string of the molecule is C[C@H](Nc1nc(N2CCOCC2)cc(-n2c(C(F)F)nc3ccccc32)n1)C(=O)OC(C)(C)C. The molecule has 182 valence electrons. The number of fused-ring (bicyclic) bond motifs is 1. The number of halogens is 2. The van der Waals surface area contributed by atoms with Gasteiger partial charge in [0.25, 0.3) is 6.43 Å². The highest BCUT2D eigenvalue weighted by Crippen LogP contribution is 2.29. The molecule has 0 aliphatic carbocycles. The van der Waals surface area contributed by atoms with Crippen molar-refractivity contribution in [1.82, 2.24) is 19.5 Å². The zero-order valence-corrected chi connectivity index (χ0v) is 19.6. The fourth-order valence-electron chi connectivity index (χ4n) is 3.63. The van der Waals surface area contributed by atoms with E-state index < -0.39 is 29.9 Å². The summed E-state index contributed by atoms with van der Waals surface area (Å²) in [6.45, 7) is 9.19. The Bertz CT molecular complexity index is 1170. The smallest absolute Gasteiger partial charge is 0.328 e. The molecule has 0 unspecified atom stereocenters. The lowest BCUT2D eigenvalue weighted by Crippen LogP contribution is -2.37. The molecule has 34 heavy (non-hydrogen) atoms. The molecule has 0 spiro atoms. The number of para-hydroxylation sites is 2. The highest BCUT2D eigenvalue weighted by Gasteiger charge is 2.25. The summed E-state index contributed by atoms with van der Waals surface area (Å²) in [6, 6.07) is 7.76. The van der Waals surface area contributed by atoms with Crippen molar-refractivity contribution < 1.29 is 23.0 Å². The molecule has 0 bridgehead atoms. The van der Waals surface area contributed by atoms with Crippen molar-refractivity contribution in [2.45, 2.75) is 45.8 Å². The summed E-state index contributed by atoms with van der Waals surface area (Å²) >= 11 is 0. The molecule has 2 aromatic heterocycles. The molecule has 0 radical (unpaired) electrons. The summed E-state index contributed by atoms with van der Waals surface area (Å²) in [5.41, 5.74) is 0.271. The average Bonchev–Trinajstić information content (AvgIpc) is 3.18. The third-order valence-corrected chi connectivity index (χ3v) is 5.15. The van der Waals surface area contributed by atoms with Crippen LogP contribution in [0.5, 0.6) is 0 Å². The molecule has 1 aromatic carbocycles. The van der Waals surface area contributed by atoms with Gasteiger partial charge >= 0.3 is 5.97 Å². The molecular weight excluding hydrogens is 446 g/mol. The number of hydrogen-bond donors (Lipinski definition) is 1. The predicted molar refractivity (Wildman–Crippen MR) is 124 cm³/mol. The number of benzene rings is 1. The Kier molecular flexibility index (Phi) is 6.65. The number of nitrogens with one attached hydrogen (secondary N) is 1. The number of carbonyl (C=O) groups excluding carboxylic acids is 1. The van der Waals surface area contributed by atoms with Gasteiger partial charge in [0.05, 0.1) is 24.2 Å². The van der Waals surface area contributed by atoms with Crippen LogP contribution in [0.4, 0.5) is 20.5 Å². The maximum Gasteiger partial charge on any atom is 0.328 e. The van der Waals surface area contributed by atoms with E-state index in [1.165, 1.54) is 4.57 Å². The molecule has 1 atom stereocenters. The van der Waals surface area contributed by atoms with Crippen LogP contribution < -0.4 is 10.2 Å². The Labute approximate surface area is 196 Å². The molecule has 0 saturated carbocycles. The third-order valence-electron chi connectivity index (χ3n) is 5.15. The van der Waals surface area contributed by atoms with E-state index in [-0.39, 0.29) is 11.8 Å². The van der Waals surface area contributed by atoms with Crippen LogP contribution in [0.1, 0.15) is 39.9 Å². The van der Waals surface area contributed by atoms with Crippen LogP contribution in [0.25, 0.3) is 16.9 Å². The van der Waals surface area contributed by atoms with Crippen molar-refractivity contribution in [3.8, 4) is 5.82 Å². The molecular formula is C23H28F2N6O3. The van der Waals surface area contributed by atoms with Gasteiger partial charge in [0.1, 0.15) is 23.3 Å². The van der Waals surface area contributed by atoms with Gasteiger partial charge in [-0.05, 0) is 39.8 Å². The van der Waals surface area contributed by atoms with Crippen LogP contribution in [0.2, 0.25) is 0 Å². The molecule has 9 nitrogen and oxygen atoms in total. The van der Waals surface area contributed by atoms with Crippen LogP contribution in [0.3, 0.4) is 0 Å². The second-order valence-corrected chi connectivity index (χ2v) is 9.00. The van der Waals surface area contributed by atoms with E-state index in [4.69, 9.17) is 9.47 Å². The van der Waals surface area contributed by atoms with E-state index in [9.17, 15) is 13.6 Å². The fraction of sp³-hybridized carbons (Fsp3) is 0.478. The van der Waals surface area contributed by atoms with E-state index in [1.54, 1.807) is 58.0 Å². The highest BCUT2D eigenvalue weighted by molar-refractivity contribution is 5.79. The first-order valence-corrected chi connectivity index (χ1v) is 11.1. The second-order valence-electron chi connectivity index (χ2n) is 9.00. The molecule has 3 heterocycles. The molecule has 1 aliphatic heterocycles. The number of nitrogens with zero attached hydrogens (tertiary/aromatic N) is 5. The Morgan fingerprint density at radius 2 is 1.79 bits per heavy atom. The van der Waals surface area contributed by atoms with Crippen molar-refractivity contribution >= 4 is 28.8 Å². The topological polar surface area (TPSA) is 94.4 Å². The van der Waals surface area contributed by atoms with Crippen LogP contribution in [-0.4, -0.2) is 63.4 Å². The van der Waals surface area contributed by atoms with Gasteiger partial charge in [0.2, 0.25) is 5.95 Å². The van der Waals surface area contributed by atoms with Crippen LogP contribution in [-0.2, 0) is 14.3 Å². The Morgan fingerprint density at radius 3 is 2.47 bits per heavy atom. The molecule has 0 amide bonds. The molecule has 1 saturated heterocycles. The van der Waals surface area contributed by atoms with E-state index >= 15 is 0 Å². The summed E-state index contributed by atoms with van der Waals surface area (Å²) in [7, 11) is 0. The predicted octanol–water partition coefficient (Wildman–Crippen LogP) is 3.73. The number of carbonyl (C=O) groups is 1.